The summed E-state index contributed by atoms with van der Waals surface area (Å²) in [7, 11) is 0. The van der Waals surface area contributed by atoms with Crippen LogP contribution in [0.2, 0.25) is 0 Å². The number of furan rings is 1. The molecule has 0 spiro atoms. The van der Waals surface area contributed by atoms with E-state index in [0.717, 1.165) is 18.0 Å². The van der Waals surface area contributed by atoms with E-state index in [0.29, 0.717) is 11.7 Å². The number of benzene rings is 2. The van der Waals surface area contributed by atoms with Crippen LogP contribution in [0.4, 0.5) is 5.69 Å². The van der Waals surface area contributed by atoms with Gasteiger partial charge in [0.05, 0.1) is 12.8 Å². The normalized spacial score (nSPS) is 10.4. The van der Waals surface area contributed by atoms with Crippen molar-refractivity contribution in [3.05, 3.63) is 89.9 Å². The van der Waals surface area contributed by atoms with Crippen molar-refractivity contribution < 1.29 is 4.42 Å². The van der Waals surface area contributed by atoms with Crippen LogP contribution < -0.4 is 5.32 Å². The minimum Gasteiger partial charge on any atom is -0.467 e. The van der Waals surface area contributed by atoms with E-state index in [1.807, 2.05) is 42.5 Å². The van der Waals surface area contributed by atoms with Gasteiger partial charge in [0.25, 0.3) is 0 Å². The molecule has 1 aromatic heterocycles. The van der Waals surface area contributed by atoms with Crippen LogP contribution in [-0.2, 0) is 13.1 Å². The highest BCUT2D eigenvalue weighted by Gasteiger charge is 2.13. The topological polar surface area (TPSA) is 28.4 Å². The molecule has 1 heterocycles. The third kappa shape index (κ3) is 4.46. The summed E-state index contributed by atoms with van der Waals surface area (Å²) in [5.74, 6) is 0.888. The average Bonchev–Trinajstić information content (AvgIpc) is 3.10. The summed E-state index contributed by atoms with van der Waals surface area (Å²) < 4.78 is 5.49. The Kier molecular flexibility index (Phi) is 5.29. The van der Waals surface area contributed by atoms with E-state index in [4.69, 9.17) is 16.6 Å². The minimum absolute atomic E-state index is 0.625. The zero-order valence-corrected chi connectivity index (χ0v) is 14.4. The molecule has 0 atom stereocenters. The lowest BCUT2D eigenvalue weighted by atomic mass is 10.1. The maximum atomic E-state index is 5.63. The Morgan fingerprint density at radius 1 is 0.958 bits per heavy atom. The molecular formula is C20H20N2OS. The highest BCUT2D eigenvalue weighted by molar-refractivity contribution is 7.80. The van der Waals surface area contributed by atoms with Gasteiger partial charge in [-0.15, -0.1) is 0 Å². The number of hydrogen-bond donors (Lipinski definition) is 1. The van der Waals surface area contributed by atoms with Gasteiger partial charge in [0.15, 0.2) is 5.11 Å². The Balaban J connectivity index is 1.75. The molecule has 0 unspecified atom stereocenters. The fourth-order valence-electron chi connectivity index (χ4n) is 2.43. The van der Waals surface area contributed by atoms with Crippen LogP contribution in [0.25, 0.3) is 0 Å². The van der Waals surface area contributed by atoms with Crippen molar-refractivity contribution in [1.29, 1.82) is 0 Å². The first-order valence-electron chi connectivity index (χ1n) is 7.89. The fourth-order valence-corrected chi connectivity index (χ4v) is 2.68. The Labute approximate surface area is 147 Å². The third-order valence-corrected chi connectivity index (χ3v) is 4.09. The Morgan fingerprint density at radius 3 is 2.38 bits per heavy atom. The largest absolute Gasteiger partial charge is 0.467 e. The molecule has 0 amide bonds. The summed E-state index contributed by atoms with van der Waals surface area (Å²) in [4.78, 5) is 2.10. The number of nitrogens with zero attached hydrogens (tertiary/aromatic N) is 1. The smallest absolute Gasteiger partial charge is 0.174 e. The molecule has 3 nitrogen and oxygen atoms in total. The Morgan fingerprint density at radius 2 is 1.71 bits per heavy atom. The predicted octanol–water partition coefficient (Wildman–Crippen LogP) is 4.99. The van der Waals surface area contributed by atoms with Gasteiger partial charge in [-0.05, 0) is 49.0 Å². The molecule has 0 fully saturated rings. The Hall–Kier alpha value is -2.59. The number of anilines is 1. The van der Waals surface area contributed by atoms with E-state index >= 15 is 0 Å². The van der Waals surface area contributed by atoms with E-state index in [1.165, 1.54) is 11.1 Å². The van der Waals surface area contributed by atoms with Gasteiger partial charge in [-0.3, -0.25) is 0 Å². The summed E-state index contributed by atoms with van der Waals surface area (Å²) in [6.45, 7) is 3.44. The van der Waals surface area contributed by atoms with Crippen molar-refractivity contribution in [2.45, 2.75) is 20.0 Å². The summed E-state index contributed by atoms with van der Waals surface area (Å²) in [6.07, 6.45) is 1.69. The lowest BCUT2D eigenvalue weighted by Crippen LogP contribution is -2.33. The quantitative estimate of drug-likeness (QED) is 0.665. The highest BCUT2D eigenvalue weighted by atomic mass is 32.1. The van der Waals surface area contributed by atoms with Gasteiger partial charge in [0, 0.05) is 12.2 Å². The van der Waals surface area contributed by atoms with Crippen LogP contribution in [0.1, 0.15) is 16.9 Å². The summed E-state index contributed by atoms with van der Waals surface area (Å²) in [5.41, 5.74) is 3.45. The second-order valence-electron chi connectivity index (χ2n) is 5.72. The molecule has 3 aromatic rings. The number of para-hydroxylation sites is 1. The summed E-state index contributed by atoms with van der Waals surface area (Å²) >= 11 is 5.63. The van der Waals surface area contributed by atoms with E-state index in [1.54, 1.807) is 6.26 Å². The molecule has 0 aliphatic rings. The van der Waals surface area contributed by atoms with E-state index in [-0.39, 0.29) is 0 Å². The second-order valence-corrected chi connectivity index (χ2v) is 6.10. The molecule has 4 heteroatoms. The molecule has 0 aliphatic heterocycles. The van der Waals surface area contributed by atoms with Crippen molar-refractivity contribution in [3.63, 3.8) is 0 Å². The lowest BCUT2D eigenvalue weighted by molar-refractivity contribution is 0.360. The molecule has 122 valence electrons. The number of thiocarbonyl (C=S) groups is 1. The van der Waals surface area contributed by atoms with E-state index < -0.39 is 0 Å². The van der Waals surface area contributed by atoms with E-state index in [2.05, 4.69) is 41.4 Å². The van der Waals surface area contributed by atoms with Gasteiger partial charge in [-0.25, -0.2) is 0 Å². The van der Waals surface area contributed by atoms with Gasteiger partial charge in [0.2, 0.25) is 0 Å². The van der Waals surface area contributed by atoms with E-state index in [9.17, 15) is 0 Å². The molecule has 1 N–H and O–H groups in total. The van der Waals surface area contributed by atoms with Crippen molar-refractivity contribution in [3.8, 4) is 0 Å². The van der Waals surface area contributed by atoms with Crippen LogP contribution >= 0.6 is 12.2 Å². The first kappa shape index (κ1) is 16.3. The standard InChI is InChI=1S/C20H20N2OS/c1-16-9-11-17(12-10-16)14-22(15-19-8-5-13-23-19)20(24)21-18-6-3-2-4-7-18/h2-13H,14-15H2,1H3,(H,21,24). The minimum atomic E-state index is 0.625. The summed E-state index contributed by atoms with van der Waals surface area (Å²) in [6, 6.07) is 22.3. The molecule has 0 saturated heterocycles. The van der Waals surface area contributed by atoms with Gasteiger partial charge < -0.3 is 14.6 Å². The van der Waals surface area contributed by atoms with Crippen LogP contribution in [0, 0.1) is 6.92 Å². The molecule has 24 heavy (non-hydrogen) atoms. The van der Waals surface area contributed by atoms with Gasteiger partial charge in [-0.2, -0.15) is 0 Å². The SMILES string of the molecule is Cc1ccc(CN(Cc2ccco2)C(=S)Nc2ccccc2)cc1. The van der Waals surface area contributed by atoms with Crippen LogP contribution in [0.15, 0.2) is 77.4 Å². The molecule has 0 bridgehead atoms. The van der Waals surface area contributed by atoms with Crippen molar-refractivity contribution >= 4 is 23.0 Å². The van der Waals surface area contributed by atoms with Crippen molar-refractivity contribution in [2.24, 2.45) is 0 Å². The lowest BCUT2D eigenvalue weighted by Gasteiger charge is -2.25. The summed E-state index contributed by atoms with van der Waals surface area (Å²) in [5, 5.41) is 3.98. The van der Waals surface area contributed by atoms with Crippen LogP contribution in [0.3, 0.4) is 0 Å². The van der Waals surface area contributed by atoms with Crippen LogP contribution in [0.5, 0.6) is 0 Å². The number of rotatable bonds is 5. The molecule has 3 rings (SSSR count). The predicted molar refractivity (Wildman–Crippen MR) is 102 cm³/mol. The highest BCUT2D eigenvalue weighted by Crippen LogP contribution is 2.14. The molecule has 0 saturated carbocycles. The van der Waals surface area contributed by atoms with Crippen molar-refractivity contribution in [1.82, 2.24) is 4.90 Å². The molecule has 2 aromatic carbocycles. The number of hydrogen-bond acceptors (Lipinski definition) is 2. The monoisotopic (exact) mass is 336 g/mol. The maximum Gasteiger partial charge on any atom is 0.174 e. The number of aryl methyl sites for hydroxylation is 1. The zero-order valence-electron chi connectivity index (χ0n) is 13.6. The Bertz CT molecular complexity index is 767. The first-order valence-corrected chi connectivity index (χ1v) is 8.30. The molecule has 0 radical (unpaired) electrons. The second kappa shape index (κ2) is 7.79. The third-order valence-electron chi connectivity index (χ3n) is 3.73. The first-order chi connectivity index (χ1) is 11.7. The molecule has 0 aliphatic carbocycles. The maximum absolute atomic E-state index is 5.63. The van der Waals surface area contributed by atoms with Gasteiger partial charge in [-0.1, -0.05) is 48.0 Å². The number of nitrogens with one attached hydrogen (secondary N) is 1. The van der Waals surface area contributed by atoms with Crippen molar-refractivity contribution in [2.75, 3.05) is 5.32 Å². The fraction of sp³-hybridized carbons (Fsp3) is 0.150. The van der Waals surface area contributed by atoms with Crippen LogP contribution in [-0.4, -0.2) is 10.0 Å². The van der Waals surface area contributed by atoms with Gasteiger partial charge in [0.1, 0.15) is 5.76 Å². The zero-order chi connectivity index (χ0) is 16.8. The average molecular weight is 336 g/mol. The van der Waals surface area contributed by atoms with Gasteiger partial charge >= 0.3 is 0 Å². The molecular weight excluding hydrogens is 316 g/mol.